The topological polar surface area (TPSA) is 35.5 Å². The second-order valence-corrected chi connectivity index (χ2v) is 5.11. The lowest BCUT2D eigenvalue weighted by molar-refractivity contribution is 0.0978. The first-order valence-corrected chi connectivity index (χ1v) is 7.39. The fourth-order valence-corrected chi connectivity index (χ4v) is 2.30. The molecule has 0 aromatic heterocycles. The highest BCUT2D eigenvalue weighted by Gasteiger charge is 2.14. The number of aryl methyl sites for hydroxylation is 1. The van der Waals surface area contributed by atoms with E-state index >= 15 is 0 Å². The number of benzene rings is 1. The summed E-state index contributed by atoms with van der Waals surface area (Å²) in [5.41, 5.74) is 1.69. The van der Waals surface area contributed by atoms with E-state index in [0.717, 1.165) is 24.0 Å². The fraction of sp³-hybridized carbons (Fsp3) is 0.588. The van der Waals surface area contributed by atoms with Gasteiger partial charge in [0.15, 0.2) is 17.3 Å². The molecule has 0 aliphatic carbocycles. The van der Waals surface area contributed by atoms with Crippen molar-refractivity contribution in [2.24, 2.45) is 0 Å². The number of carbonyl (C=O) groups excluding carboxylic acids is 1. The minimum absolute atomic E-state index is 0.194. The zero-order valence-electron chi connectivity index (χ0n) is 13.1. The van der Waals surface area contributed by atoms with Crippen LogP contribution < -0.4 is 9.47 Å². The van der Waals surface area contributed by atoms with Crippen LogP contribution in [-0.2, 0) is 0 Å². The Morgan fingerprint density at radius 1 is 1.00 bits per heavy atom. The Bertz CT molecular complexity index is 438. The van der Waals surface area contributed by atoms with Crippen LogP contribution in [0.2, 0.25) is 0 Å². The van der Waals surface area contributed by atoms with Gasteiger partial charge in [0, 0.05) is 12.0 Å². The van der Waals surface area contributed by atoms with Gasteiger partial charge in [0.05, 0.1) is 14.2 Å². The Balaban J connectivity index is 2.68. The normalized spacial score (nSPS) is 10.4. The molecule has 0 amide bonds. The summed E-state index contributed by atoms with van der Waals surface area (Å²) in [7, 11) is 3.19. The van der Waals surface area contributed by atoms with E-state index < -0.39 is 0 Å². The van der Waals surface area contributed by atoms with Crippen LogP contribution in [0.3, 0.4) is 0 Å². The van der Waals surface area contributed by atoms with Gasteiger partial charge in [-0.25, -0.2) is 0 Å². The van der Waals surface area contributed by atoms with Crippen LogP contribution in [0.5, 0.6) is 11.5 Å². The predicted molar refractivity (Wildman–Crippen MR) is 82.0 cm³/mol. The molecule has 0 radical (unpaired) electrons. The van der Waals surface area contributed by atoms with Gasteiger partial charge in [-0.15, -0.1) is 0 Å². The SMILES string of the molecule is CCCCCCCC(=O)c1cc(OC)c(OC)cc1C. The quantitative estimate of drug-likeness (QED) is 0.491. The summed E-state index contributed by atoms with van der Waals surface area (Å²) in [6.45, 7) is 4.13. The zero-order chi connectivity index (χ0) is 15.0. The van der Waals surface area contributed by atoms with E-state index in [-0.39, 0.29) is 5.78 Å². The number of methoxy groups -OCH3 is 2. The number of rotatable bonds is 9. The van der Waals surface area contributed by atoms with Gasteiger partial charge in [-0.2, -0.15) is 0 Å². The van der Waals surface area contributed by atoms with Crippen LogP contribution in [0.1, 0.15) is 61.4 Å². The van der Waals surface area contributed by atoms with Gasteiger partial charge in [-0.1, -0.05) is 32.6 Å². The maximum atomic E-state index is 12.3. The molecule has 0 heterocycles. The minimum atomic E-state index is 0.194. The summed E-state index contributed by atoms with van der Waals surface area (Å²) >= 11 is 0. The highest BCUT2D eigenvalue weighted by Crippen LogP contribution is 2.31. The maximum absolute atomic E-state index is 12.3. The first kappa shape index (κ1) is 16.5. The van der Waals surface area contributed by atoms with Gasteiger partial charge in [0.2, 0.25) is 0 Å². The molecule has 3 nitrogen and oxygen atoms in total. The summed E-state index contributed by atoms with van der Waals surface area (Å²) in [6, 6.07) is 3.66. The first-order chi connectivity index (χ1) is 9.63. The van der Waals surface area contributed by atoms with Gasteiger partial charge in [0.1, 0.15) is 0 Å². The number of ether oxygens (including phenoxy) is 2. The van der Waals surface area contributed by atoms with Gasteiger partial charge in [-0.05, 0) is 31.0 Å². The Morgan fingerprint density at radius 2 is 1.60 bits per heavy atom. The Labute approximate surface area is 122 Å². The van der Waals surface area contributed by atoms with Crippen LogP contribution in [0.25, 0.3) is 0 Å². The predicted octanol–water partition coefficient (Wildman–Crippen LogP) is 4.56. The molecule has 0 aliphatic heterocycles. The molecular weight excluding hydrogens is 252 g/mol. The minimum Gasteiger partial charge on any atom is -0.493 e. The van der Waals surface area contributed by atoms with Gasteiger partial charge in [-0.3, -0.25) is 4.79 Å². The Kier molecular flexibility index (Phi) is 7.13. The van der Waals surface area contributed by atoms with E-state index in [2.05, 4.69) is 6.92 Å². The molecule has 0 unspecified atom stereocenters. The van der Waals surface area contributed by atoms with Crippen molar-refractivity contribution < 1.29 is 14.3 Å². The lowest BCUT2D eigenvalue weighted by Crippen LogP contribution is -2.03. The molecule has 0 bridgehead atoms. The molecule has 0 fully saturated rings. The zero-order valence-corrected chi connectivity index (χ0v) is 13.1. The van der Waals surface area contributed by atoms with E-state index in [9.17, 15) is 4.79 Å². The standard InChI is InChI=1S/C17H26O3/c1-5-6-7-8-9-10-15(18)14-12-17(20-4)16(19-3)11-13(14)2/h11-12H,5-10H2,1-4H3. The van der Waals surface area contributed by atoms with E-state index in [4.69, 9.17) is 9.47 Å². The van der Waals surface area contributed by atoms with E-state index in [0.29, 0.717) is 17.9 Å². The molecule has 0 saturated heterocycles. The third-order valence-electron chi connectivity index (χ3n) is 3.54. The van der Waals surface area contributed by atoms with Crippen molar-refractivity contribution in [1.29, 1.82) is 0 Å². The molecule has 112 valence electrons. The van der Waals surface area contributed by atoms with Crippen molar-refractivity contribution in [2.75, 3.05) is 14.2 Å². The van der Waals surface area contributed by atoms with Gasteiger partial charge in [0.25, 0.3) is 0 Å². The number of unbranched alkanes of at least 4 members (excludes halogenated alkanes) is 4. The van der Waals surface area contributed by atoms with E-state index in [1.54, 1.807) is 20.3 Å². The maximum Gasteiger partial charge on any atom is 0.163 e. The van der Waals surface area contributed by atoms with Crippen molar-refractivity contribution >= 4 is 5.78 Å². The Morgan fingerprint density at radius 3 is 2.20 bits per heavy atom. The van der Waals surface area contributed by atoms with Crippen LogP contribution in [0.15, 0.2) is 12.1 Å². The molecule has 1 aromatic rings. The molecule has 0 saturated carbocycles. The number of carbonyl (C=O) groups is 1. The highest BCUT2D eigenvalue weighted by molar-refractivity contribution is 5.98. The van der Waals surface area contributed by atoms with E-state index in [1.165, 1.54) is 19.3 Å². The summed E-state index contributed by atoms with van der Waals surface area (Å²) in [6.07, 6.45) is 6.40. The van der Waals surface area contributed by atoms with Crippen LogP contribution in [0, 0.1) is 6.92 Å². The highest BCUT2D eigenvalue weighted by atomic mass is 16.5. The van der Waals surface area contributed by atoms with Gasteiger partial charge < -0.3 is 9.47 Å². The summed E-state index contributed by atoms with van der Waals surface area (Å²) in [5, 5.41) is 0. The molecule has 3 heteroatoms. The average molecular weight is 278 g/mol. The van der Waals surface area contributed by atoms with Crippen molar-refractivity contribution in [3.8, 4) is 11.5 Å². The molecule has 1 rings (SSSR count). The van der Waals surface area contributed by atoms with Crippen molar-refractivity contribution in [1.82, 2.24) is 0 Å². The van der Waals surface area contributed by atoms with E-state index in [1.807, 2.05) is 13.0 Å². The second-order valence-electron chi connectivity index (χ2n) is 5.11. The lowest BCUT2D eigenvalue weighted by atomic mass is 9.99. The largest absolute Gasteiger partial charge is 0.493 e. The first-order valence-electron chi connectivity index (χ1n) is 7.39. The number of ketones is 1. The number of hydrogen-bond acceptors (Lipinski definition) is 3. The number of hydrogen-bond donors (Lipinski definition) is 0. The van der Waals surface area contributed by atoms with Crippen LogP contribution in [-0.4, -0.2) is 20.0 Å². The molecule has 0 spiro atoms. The third-order valence-corrected chi connectivity index (χ3v) is 3.54. The molecule has 0 atom stereocenters. The van der Waals surface area contributed by atoms with Crippen molar-refractivity contribution in [2.45, 2.75) is 52.4 Å². The second kappa shape index (κ2) is 8.62. The summed E-state index contributed by atoms with van der Waals surface area (Å²) in [5.74, 6) is 1.48. The molecule has 0 N–H and O–H groups in total. The van der Waals surface area contributed by atoms with Crippen molar-refractivity contribution in [3.63, 3.8) is 0 Å². The number of Topliss-reactive ketones (excluding diaryl/α,β-unsaturated/α-hetero) is 1. The monoisotopic (exact) mass is 278 g/mol. The van der Waals surface area contributed by atoms with Crippen LogP contribution in [0.4, 0.5) is 0 Å². The fourth-order valence-electron chi connectivity index (χ4n) is 2.30. The molecule has 1 aromatic carbocycles. The van der Waals surface area contributed by atoms with Crippen molar-refractivity contribution in [3.05, 3.63) is 23.3 Å². The summed E-state index contributed by atoms with van der Waals surface area (Å²) < 4.78 is 10.5. The molecular formula is C17H26O3. The smallest absolute Gasteiger partial charge is 0.163 e. The van der Waals surface area contributed by atoms with Gasteiger partial charge >= 0.3 is 0 Å². The molecule has 0 aliphatic rings. The average Bonchev–Trinajstić information content (AvgIpc) is 2.46. The third kappa shape index (κ3) is 4.55. The summed E-state index contributed by atoms with van der Waals surface area (Å²) in [4.78, 5) is 12.3. The lowest BCUT2D eigenvalue weighted by Gasteiger charge is -2.12. The Hall–Kier alpha value is -1.51. The molecule has 20 heavy (non-hydrogen) atoms. The van der Waals surface area contributed by atoms with Crippen LogP contribution >= 0.6 is 0 Å².